The lowest BCUT2D eigenvalue weighted by molar-refractivity contribution is 0.626. The molecule has 4 rings (SSSR count). The number of furan rings is 1. The zero-order chi connectivity index (χ0) is 14.6. The van der Waals surface area contributed by atoms with Crippen LogP contribution in [0.2, 0.25) is 0 Å². The van der Waals surface area contributed by atoms with Crippen LogP contribution >= 0.6 is 15.9 Å². The highest BCUT2D eigenvalue weighted by Gasteiger charge is 2.12. The monoisotopic (exact) mass is 341 g/mol. The van der Waals surface area contributed by atoms with Gasteiger partial charge in [-0.15, -0.1) is 0 Å². The van der Waals surface area contributed by atoms with E-state index in [9.17, 15) is 0 Å². The van der Waals surface area contributed by atoms with Crippen LogP contribution < -0.4 is 5.73 Å². The second-order valence-corrected chi connectivity index (χ2v) is 6.04. The van der Waals surface area contributed by atoms with Gasteiger partial charge in [0.05, 0.1) is 11.2 Å². The maximum absolute atomic E-state index is 6.00. The van der Waals surface area contributed by atoms with Gasteiger partial charge in [0, 0.05) is 9.86 Å². The normalized spacial score (nSPS) is 11.5. The van der Waals surface area contributed by atoms with Crippen LogP contribution in [-0.4, -0.2) is 9.97 Å². The second-order valence-electron chi connectivity index (χ2n) is 5.13. The Kier molecular flexibility index (Phi) is 2.59. The van der Waals surface area contributed by atoms with Crippen LogP contribution in [0.25, 0.3) is 33.6 Å². The Morgan fingerprint density at radius 2 is 2.05 bits per heavy atom. The highest BCUT2D eigenvalue weighted by Crippen LogP contribution is 2.31. The van der Waals surface area contributed by atoms with Gasteiger partial charge < -0.3 is 15.1 Å². The molecule has 0 saturated heterocycles. The van der Waals surface area contributed by atoms with E-state index in [1.807, 2.05) is 30.3 Å². The fraction of sp³-hybridized carbons (Fsp3) is 0.0625. The molecule has 0 unspecified atom stereocenters. The summed E-state index contributed by atoms with van der Waals surface area (Å²) in [5.74, 6) is 1.39. The summed E-state index contributed by atoms with van der Waals surface area (Å²) in [5.41, 5.74) is 10.3. The number of aryl methyl sites for hydroxylation is 1. The van der Waals surface area contributed by atoms with Gasteiger partial charge in [-0.3, -0.25) is 0 Å². The molecule has 0 radical (unpaired) electrons. The van der Waals surface area contributed by atoms with Crippen LogP contribution in [0.3, 0.4) is 0 Å². The average Bonchev–Trinajstić information content (AvgIpc) is 3.01. The number of nitrogens with zero attached hydrogens (tertiary/aromatic N) is 1. The van der Waals surface area contributed by atoms with Gasteiger partial charge in [0.25, 0.3) is 0 Å². The number of fused-ring (bicyclic) bond motifs is 2. The smallest absolute Gasteiger partial charge is 0.174 e. The molecule has 0 atom stereocenters. The molecule has 0 aliphatic heterocycles. The van der Waals surface area contributed by atoms with E-state index < -0.39 is 0 Å². The van der Waals surface area contributed by atoms with Crippen molar-refractivity contribution in [1.82, 2.24) is 9.97 Å². The summed E-state index contributed by atoms with van der Waals surface area (Å²) in [4.78, 5) is 7.80. The van der Waals surface area contributed by atoms with E-state index in [2.05, 4.69) is 38.9 Å². The number of hydrogen-bond donors (Lipinski definition) is 2. The molecular formula is C16H12BrN3O. The predicted octanol–water partition coefficient (Wildman–Crippen LogP) is 4.63. The zero-order valence-electron chi connectivity index (χ0n) is 11.3. The van der Waals surface area contributed by atoms with Crippen LogP contribution in [0.4, 0.5) is 5.69 Å². The summed E-state index contributed by atoms with van der Waals surface area (Å²) >= 11 is 3.43. The van der Waals surface area contributed by atoms with Crippen molar-refractivity contribution >= 4 is 43.6 Å². The van der Waals surface area contributed by atoms with Gasteiger partial charge in [-0.2, -0.15) is 0 Å². The fourth-order valence-electron chi connectivity index (χ4n) is 2.50. The molecule has 0 bridgehead atoms. The Morgan fingerprint density at radius 3 is 2.90 bits per heavy atom. The maximum atomic E-state index is 6.00. The van der Waals surface area contributed by atoms with Gasteiger partial charge in [-0.05, 0) is 37.3 Å². The maximum Gasteiger partial charge on any atom is 0.174 e. The largest absolute Gasteiger partial charge is 0.453 e. The van der Waals surface area contributed by atoms with Crippen molar-refractivity contribution in [3.05, 3.63) is 46.4 Å². The summed E-state index contributed by atoms with van der Waals surface area (Å²) in [6.45, 7) is 2.06. The van der Waals surface area contributed by atoms with Gasteiger partial charge in [0.15, 0.2) is 11.6 Å². The molecule has 2 aromatic heterocycles. The zero-order valence-corrected chi connectivity index (χ0v) is 12.9. The molecule has 0 aliphatic carbocycles. The van der Waals surface area contributed by atoms with Crippen molar-refractivity contribution < 1.29 is 4.42 Å². The Balaban J connectivity index is 1.93. The van der Waals surface area contributed by atoms with Gasteiger partial charge in [0.2, 0.25) is 0 Å². The molecule has 4 aromatic rings. The first-order chi connectivity index (χ1) is 10.1. The van der Waals surface area contributed by atoms with Crippen molar-refractivity contribution in [1.29, 1.82) is 0 Å². The lowest BCUT2D eigenvalue weighted by Gasteiger charge is -1.94. The first kappa shape index (κ1) is 12.5. The van der Waals surface area contributed by atoms with Crippen molar-refractivity contribution in [2.45, 2.75) is 6.92 Å². The van der Waals surface area contributed by atoms with E-state index >= 15 is 0 Å². The average molecular weight is 342 g/mol. The number of imidazole rings is 1. The van der Waals surface area contributed by atoms with Crippen molar-refractivity contribution in [2.75, 3.05) is 5.73 Å². The number of rotatable bonds is 1. The molecule has 0 fully saturated rings. The Hall–Kier alpha value is -2.27. The molecule has 21 heavy (non-hydrogen) atoms. The Bertz CT molecular complexity index is 984. The number of nitrogens with two attached hydrogens (primary N) is 1. The van der Waals surface area contributed by atoms with E-state index in [-0.39, 0.29) is 0 Å². The predicted molar refractivity (Wildman–Crippen MR) is 88.2 cm³/mol. The minimum Gasteiger partial charge on any atom is -0.453 e. The summed E-state index contributed by atoms with van der Waals surface area (Å²) in [6.07, 6.45) is 0. The number of benzene rings is 2. The van der Waals surface area contributed by atoms with E-state index in [1.54, 1.807) is 0 Å². The number of halogens is 1. The summed E-state index contributed by atoms with van der Waals surface area (Å²) < 4.78 is 6.78. The summed E-state index contributed by atoms with van der Waals surface area (Å²) in [5, 5.41) is 1.07. The molecule has 4 nitrogen and oxygen atoms in total. The lowest BCUT2D eigenvalue weighted by Crippen LogP contribution is -1.86. The molecule has 0 amide bonds. The Labute approximate surface area is 129 Å². The minimum atomic E-state index is 0.633. The third kappa shape index (κ3) is 2.01. The molecule has 5 heteroatoms. The highest BCUT2D eigenvalue weighted by molar-refractivity contribution is 9.10. The van der Waals surface area contributed by atoms with Crippen LogP contribution in [0, 0.1) is 6.92 Å². The first-order valence-electron chi connectivity index (χ1n) is 6.55. The lowest BCUT2D eigenvalue weighted by atomic mass is 10.2. The number of aromatic nitrogens is 2. The standard InChI is InChI=1S/C16H12BrN3O/c1-8-2-3-13-9(4-8)5-14(21-13)16-19-12-7-10(17)6-11(18)15(12)20-16/h2-7H,18H2,1H3,(H,19,20). The van der Waals surface area contributed by atoms with Gasteiger partial charge in [-0.1, -0.05) is 27.6 Å². The first-order valence-corrected chi connectivity index (χ1v) is 7.35. The number of anilines is 1. The quantitative estimate of drug-likeness (QED) is 0.496. The number of aromatic amines is 1. The van der Waals surface area contributed by atoms with Crippen LogP contribution in [0.1, 0.15) is 5.56 Å². The van der Waals surface area contributed by atoms with Crippen molar-refractivity contribution in [3.63, 3.8) is 0 Å². The number of hydrogen-bond acceptors (Lipinski definition) is 3. The van der Waals surface area contributed by atoms with E-state index in [1.165, 1.54) is 5.56 Å². The number of nitrogen functional groups attached to an aromatic ring is 1. The van der Waals surface area contributed by atoms with Crippen molar-refractivity contribution in [2.24, 2.45) is 0 Å². The third-order valence-corrected chi connectivity index (χ3v) is 3.94. The van der Waals surface area contributed by atoms with E-state index in [0.717, 1.165) is 26.5 Å². The highest BCUT2D eigenvalue weighted by atomic mass is 79.9. The molecule has 0 saturated carbocycles. The fourth-order valence-corrected chi connectivity index (χ4v) is 2.98. The van der Waals surface area contributed by atoms with E-state index in [0.29, 0.717) is 17.3 Å². The topological polar surface area (TPSA) is 67.8 Å². The molecule has 3 N–H and O–H groups in total. The van der Waals surface area contributed by atoms with Crippen LogP contribution in [-0.2, 0) is 0 Å². The summed E-state index contributed by atoms with van der Waals surface area (Å²) in [7, 11) is 0. The van der Waals surface area contributed by atoms with Gasteiger partial charge in [-0.25, -0.2) is 4.98 Å². The third-order valence-electron chi connectivity index (χ3n) is 3.49. The SMILES string of the molecule is Cc1ccc2oc(-c3nc4c(N)cc(Br)cc4[nH]3)cc2c1. The van der Waals surface area contributed by atoms with Gasteiger partial charge in [0.1, 0.15) is 11.1 Å². The second kappa shape index (κ2) is 4.36. The number of nitrogens with one attached hydrogen (secondary N) is 1. The summed E-state index contributed by atoms with van der Waals surface area (Å²) in [6, 6.07) is 11.9. The molecule has 2 aromatic carbocycles. The van der Waals surface area contributed by atoms with Crippen LogP contribution in [0.5, 0.6) is 0 Å². The molecule has 104 valence electrons. The molecule has 2 heterocycles. The Morgan fingerprint density at radius 1 is 1.19 bits per heavy atom. The number of H-pyrrole nitrogens is 1. The van der Waals surface area contributed by atoms with Crippen molar-refractivity contribution in [3.8, 4) is 11.6 Å². The molecule has 0 aliphatic rings. The molecular weight excluding hydrogens is 330 g/mol. The molecule has 0 spiro atoms. The van der Waals surface area contributed by atoms with Gasteiger partial charge >= 0.3 is 0 Å². The van der Waals surface area contributed by atoms with E-state index in [4.69, 9.17) is 10.2 Å². The van der Waals surface area contributed by atoms with Crippen LogP contribution in [0.15, 0.2) is 45.3 Å². The minimum absolute atomic E-state index is 0.633.